The fraction of sp³-hybridized carbons (Fsp3) is 0.438. The zero-order valence-corrected chi connectivity index (χ0v) is 30.3. The largest absolute Gasteiger partial charge is 0.464 e. The molecule has 12 nitrogen and oxygen atoms in total. The molecule has 0 spiro atoms. The SMILES string of the molecule is CCOC(=O)C1=NN(c2ccc(Cl)cc2Cl)C(C)(C(=O)OCC)C1.CCOC(=O)C1=NN(c2ccc(Cl)cc2Cl)C(C)(C(=O)OCC)C1. The van der Waals surface area contributed by atoms with Crippen LogP contribution in [0.1, 0.15) is 54.4 Å². The second kappa shape index (κ2) is 16.7. The van der Waals surface area contributed by atoms with Gasteiger partial charge in [0.25, 0.3) is 0 Å². The number of halogens is 4. The van der Waals surface area contributed by atoms with Gasteiger partial charge in [0.05, 0.1) is 47.8 Å². The van der Waals surface area contributed by atoms with Crippen LogP contribution >= 0.6 is 46.4 Å². The Kier molecular flexibility index (Phi) is 13.5. The first kappa shape index (κ1) is 38.9. The highest BCUT2D eigenvalue weighted by atomic mass is 35.5. The zero-order chi connectivity index (χ0) is 35.8. The lowest BCUT2D eigenvalue weighted by Gasteiger charge is -2.32. The Morgan fingerprint density at radius 3 is 1.25 bits per heavy atom. The zero-order valence-electron chi connectivity index (χ0n) is 27.3. The van der Waals surface area contributed by atoms with Crippen LogP contribution in [-0.2, 0) is 38.1 Å². The molecule has 0 saturated carbocycles. The maximum atomic E-state index is 12.5. The molecule has 16 heteroatoms. The van der Waals surface area contributed by atoms with Crippen LogP contribution in [-0.4, -0.2) is 72.8 Å². The smallest absolute Gasteiger partial charge is 0.354 e. The van der Waals surface area contributed by atoms with Crippen LogP contribution in [0.25, 0.3) is 0 Å². The predicted octanol–water partition coefficient (Wildman–Crippen LogP) is 6.89. The molecule has 2 aliphatic heterocycles. The Morgan fingerprint density at radius 1 is 0.625 bits per heavy atom. The first-order chi connectivity index (χ1) is 22.7. The van der Waals surface area contributed by atoms with Crippen LogP contribution in [0.3, 0.4) is 0 Å². The van der Waals surface area contributed by atoms with Crippen LogP contribution in [0.4, 0.5) is 11.4 Å². The third-order valence-corrected chi connectivity index (χ3v) is 8.20. The molecular weight excluding hydrogens is 710 g/mol. The molecule has 0 saturated heterocycles. The van der Waals surface area contributed by atoms with E-state index in [9.17, 15) is 19.2 Å². The van der Waals surface area contributed by atoms with Crippen LogP contribution in [0.2, 0.25) is 20.1 Å². The molecule has 2 atom stereocenters. The summed E-state index contributed by atoms with van der Waals surface area (Å²) in [4.78, 5) is 49.1. The number of carbonyl (C=O) groups excluding carboxylic acids is 4. The molecular formula is C32H36Cl4N4O8. The maximum Gasteiger partial charge on any atom is 0.354 e. The molecule has 2 unspecified atom stereocenters. The summed E-state index contributed by atoms with van der Waals surface area (Å²) in [5.74, 6) is -2.14. The lowest BCUT2D eigenvalue weighted by molar-refractivity contribution is -0.149. The molecule has 2 aromatic carbocycles. The third kappa shape index (κ3) is 8.52. The van der Waals surface area contributed by atoms with Gasteiger partial charge in [-0.15, -0.1) is 0 Å². The number of hydrazone groups is 2. The van der Waals surface area contributed by atoms with Crippen LogP contribution in [0, 0.1) is 0 Å². The van der Waals surface area contributed by atoms with Gasteiger partial charge in [-0.05, 0) is 77.9 Å². The number of esters is 4. The fourth-order valence-electron chi connectivity index (χ4n) is 4.83. The van der Waals surface area contributed by atoms with E-state index in [1.165, 1.54) is 10.0 Å². The summed E-state index contributed by atoms with van der Waals surface area (Å²) in [5, 5.41) is 12.9. The molecule has 0 radical (unpaired) electrons. The molecule has 4 rings (SSSR count). The highest BCUT2D eigenvalue weighted by Gasteiger charge is 2.50. The maximum absolute atomic E-state index is 12.5. The van der Waals surface area contributed by atoms with Crippen molar-refractivity contribution >= 4 is 93.1 Å². The van der Waals surface area contributed by atoms with Crippen molar-refractivity contribution in [3.63, 3.8) is 0 Å². The van der Waals surface area contributed by atoms with Crippen LogP contribution < -0.4 is 10.0 Å². The van der Waals surface area contributed by atoms with Crippen molar-refractivity contribution in [2.24, 2.45) is 10.2 Å². The van der Waals surface area contributed by atoms with Gasteiger partial charge in [-0.3, -0.25) is 0 Å². The summed E-state index contributed by atoms with van der Waals surface area (Å²) in [7, 11) is 0. The van der Waals surface area contributed by atoms with Crippen molar-refractivity contribution in [1.82, 2.24) is 0 Å². The molecule has 0 bridgehead atoms. The van der Waals surface area contributed by atoms with Crippen molar-refractivity contribution in [3.8, 4) is 0 Å². The number of ether oxygens (including phenoxy) is 4. The van der Waals surface area contributed by atoms with Gasteiger partial charge >= 0.3 is 23.9 Å². The van der Waals surface area contributed by atoms with Gasteiger partial charge in [-0.1, -0.05) is 46.4 Å². The number of hydrogen-bond donors (Lipinski definition) is 0. The van der Waals surface area contributed by atoms with E-state index in [0.29, 0.717) is 31.5 Å². The Hall–Kier alpha value is -3.58. The number of benzene rings is 2. The highest BCUT2D eigenvalue weighted by Crippen LogP contribution is 2.40. The minimum absolute atomic E-state index is 0.0591. The average Bonchev–Trinajstić information content (AvgIpc) is 3.57. The van der Waals surface area contributed by atoms with Gasteiger partial charge in [0.2, 0.25) is 0 Å². The number of anilines is 2. The molecule has 2 heterocycles. The minimum atomic E-state index is -1.20. The van der Waals surface area contributed by atoms with E-state index in [4.69, 9.17) is 65.4 Å². The third-order valence-electron chi connectivity index (χ3n) is 7.13. The van der Waals surface area contributed by atoms with E-state index in [1.807, 2.05) is 0 Å². The molecule has 0 N–H and O–H groups in total. The highest BCUT2D eigenvalue weighted by molar-refractivity contribution is 6.40. The van der Waals surface area contributed by atoms with E-state index in [-0.39, 0.29) is 50.7 Å². The lowest BCUT2D eigenvalue weighted by Crippen LogP contribution is -2.48. The van der Waals surface area contributed by atoms with Crippen molar-refractivity contribution in [2.75, 3.05) is 36.4 Å². The summed E-state index contributed by atoms with van der Waals surface area (Å²) in [6.45, 7) is 11.0. The predicted molar refractivity (Wildman–Crippen MR) is 185 cm³/mol. The van der Waals surface area contributed by atoms with Crippen molar-refractivity contribution < 1.29 is 38.1 Å². The van der Waals surface area contributed by atoms with E-state index in [0.717, 1.165) is 0 Å². The number of carbonyl (C=O) groups is 4. The molecule has 2 aliphatic rings. The van der Waals surface area contributed by atoms with E-state index < -0.39 is 35.0 Å². The molecule has 260 valence electrons. The van der Waals surface area contributed by atoms with Crippen LogP contribution in [0.15, 0.2) is 46.6 Å². The monoisotopic (exact) mass is 744 g/mol. The Morgan fingerprint density at radius 2 is 0.958 bits per heavy atom. The Labute approximate surface area is 298 Å². The van der Waals surface area contributed by atoms with Crippen molar-refractivity contribution in [2.45, 2.75) is 65.5 Å². The van der Waals surface area contributed by atoms with Gasteiger partial charge in [0.1, 0.15) is 11.4 Å². The minimum Gasteiger partial charge on any atom is -0.464 e. The van der Waals surface area contributed by atoms with E-state index >= 15 is 0 Å². The van der Waals surface area contributed by atoms with Crippen molar-refractivity contribution in [1.29, 1.82) is 0 Å². The Balaban J connectivity index is 0.000000260. The number of rotatable bonds is 10. The molecule has 0 aliphatic carbocycles. The summed E-state index contributed by atoms with van der Waals surface area (Å²) >= 11 is 24.3. The Bertz CT molecular complexity index is 1500. The molecule has 0 fully saturated rings. The normalized spacial score (nSPS) is 19.9. The second-order valence-electron chi connectivity index (χ2n) is 10.7. The quantitative estimate of drug-likeness (QED) is 0.187. The number of nitrogens with zero attached hydrogens (tertiary/aromatic N) is 4. The summed E-state index contributed by atoms with van der Waals surface area (Å²) in [5.41, 5.74) is -1.21. The summed E-state index contributed by atoms with van der Waals surface area (Å²) in [6, 6.07) is 9.63. The van der Waals surface area contributed by atoms with Gasteiger partial charge in [-0.2, -0.15) is 10.2 Å². The van der Waals surface area contributed by atoms with Gasteiger partial charge < -0.3 is 18.9 Å². The first-order valence-corrected chi connectivity index (χ1v) is 16.5. The van der Waals surface area contributed by atoms with E-state index in [1.54, 1.807) is 77.9 Å². The number of hydrogen-bond acceptors (Lipinski definition) is 12. The van der Waals surface area contributed by atoms with Gasteiger partial charge in [0, 0.05) is 22.9 Å². The van der Waals surface area contributed by atoms with Gasteiger partial charge in [-0.25, -0.2) is 29.2 Å². The van der Waals surface area contributed by atoms with Gasteiger partial charge in [0.15, 0.2) is 11.1 Å². The van der Waals surface area contributed by atoms with E-state index in [2.05, 4.69) is 10.2 Å². The summed E-state index contributed by atoms with van der Waals surface area (Å²) < 4.78 is 20.3. The fourth-order valence-corrected chi connectivity index (χ4v) is 5.80. The molecule has 0 aromatic heterocycles. The topological polar surface area (TPSA) is 136 Å². The van der Waals surface area contributed by atoms with Crippen LogP contribution in [0.5, 0.6) is 0 Å². The molecule has 48 heavy (non-hydrogen) atoms. The molecule has 0 amide bonds. The van der Waals surface area contributed by atoms with Crippen molar-refractivity contribution in [3.05, 3.63) is 56.5 Å². The molecule has 2 aromatic rings. The standard InChI is InChI=1S/2C16H18Cl2N2O4/c2*1-4-23-14(21)12-9-16(3,15(22)24-5-2)20(19-12)13-7-6-10(17)8-11(13)18/h2*6-8H,4-5,9H2,1-3H3. The summed E-state index contributed by atoms with van der Waals surface area (Å²) in [6.07, 6.45) is 0.118. The second-order valence-corrected chi connectivity index (χ2v) is 12.4. The average molecular weight is 746 g/mol. The lowest BCUT2D eigenvalue weighted by atomic mass is 9.95. The first-order valence-electron chi connectivity index (χ1n) is 15.0.